The van der Waals surface area contributed by atoms with Crippen molar-refractivity contribution in [2.24, 2.45) is 0 Å². The third-order valence-electron chi connectivity index (χ3n) is 2.33. The lowest BCUT2D eigenvalue weighted by Crippen LogP contribution is -2.30. The van der Waals surface area contributed by atoms with Gasteiger partial charge in [0.05, 0.1) is 11.6 Å². The molecule has 2 heterocycles. The van der Waals surface area contributed by atoms with Crippen LogP contribution in [0.3, 0.4) is 0 Å². The van der Waals surface area contributed by atoms with Crippen LogP contribution in [0.2, 0.25) is 5.02 Å². The number of H-pyrrole nitrogens is 1. The van der Waals surface area contributed by atoms with Gasteiger partial charge in [-0.15, -0.1) is 5.10 Å². The highest BCUT2D eigenvalue weighted by Gasteiger charge is 2.10. The topological polar surface area (TPSA) is 86.8 Å². The lowest BCUT2D eigenvalue weighted by atomic mass is 10.4. The first kappa shape index (κ1) is 13.3. The monoisotopic (exact) mass is 280 g/mol. The molecule has 0 saturated carbocycles. The van der Waals surface area contributed by atoms with Crippen LogP contribution in [-0.4, -0.2) is 39.7 Å². The maximum Gasteiger partial charge on any atom is 0.248 e. The van der Waals surface area contributed by atoms with Crippen LogP contribution in [0.4, 0.5) is 11.8 Å². The molecule has 7 nitrogen and oxygen atoms in total. The minimum Gasteiger partial charge on any atom is -0.350 e. The number of anilines is 2. The Bertz CT molecular complexity index is 567. The van der Waals surface area contributed by atoms with Crippen molar-refractivity contribution in [3.63, 3.8) is 0 Å². The molecule has 0 aromatic carbocycles. The summed E-state index contributed by atoms with van der Waals surface area (Å²) in [4.78, 5) is 21.6. The van der Waals surface area contributed by atoms with E-state index in [0.717, 1.165) is 0 Å². The SMILES string of the molecule is Cc1nc(NC(=O)CN(C)c2ccc(Cl)cn2)n[nH]1. The molecule has 2 rings (SSSR count). The fraction of sp³-hybridized carbons (Fsp3) is 0.273. The highest BCUT2D eigenvalue weighted by atomic mass is 35.5. The number of halogens is 1. The van der Waals surface area contributed by atoms with E-state index in [1.54, 1.807) is 31.0 Å². The minimum atomic E-state index is -0.224. The second-order valence-electron chi connectivity index (χ2n) is 3.98. The van der Waals surface area contributed by atoms with E-state index in [2.05, 4.69) is 25.5 Å². The van der Waals surface area contributed by atoms with E-state index in [4.69, 9.17) is 11.6 Å². The van der Waals surface area contributed by atoms with Crippen LogP contribution in [-0.2, 0) is 4.79 Å². The van der Waals surface area contributed by atoms with Crippen molar-refractivity contribution in [3.05, 3.63) is 29.2 Å². The molecule has 0 aliphatic carbocycles. The highest BCUT2D eigenvalue weighted by Crippen LogP contribution is 2.12. The van der Waals surface area contributed by atoms with Gasteiger partial charge in [-0.2, -0.15) is 4.98 Å². The maximum absolute atomic E-state index is 11.8. The molecule has 0 atom stereocenters. The van der Waals surface area contributed by atoms with Crippen molar-refractivity contribution < 1.29 is 4.79 Å². The van der Waals surface area contributed by atoms with Gasteiger partial charge in [0.25, 0.3) is 0 Å². The Morgan fingerprint density at radius 2 is 2.32 bits per heavy atom. The molecule has 19 heavy (non-hydrogen) atoms. The molecule has 100 valence electrons. The molecular weight excluding hydrogens is 268 g/mol. The summed E-state index contributed by atoms with van der Waals surface area (Å²) in [6.07, 6.45) is 1.53. The Morgan fingerprint density at radius 3 is 2.89 bits per heavy atom. The van der Waals surface area contributed by atoms with E-state index < -0.39 is 0 Å². The van der Waals surface area contributed by atoms with Gasteiger partial charge >= 0.3 is 0 Å². The van der Waals surface area contributed by atoms with Crippen LogP contribution < -0.4 is 10.2 Å². The number of carbonyl (C=O) groups excluding carboxylic acids is 1. The number of amides is 1. The van der Waals surface area contributed by atoms with Gasteiger partial charge in [0.15, 0.2) is 0 Å². The molecule has 0 aliphatic rings. The molecule has 0 saturated heterocycles. The van der Waals surface area contributed by atoms with E-state index in [9.17, 15) is 4.79 Å². The average Bonchev–Trinajstić information content (AvgIpc) is 2.75. The Labute approximate surface area is 115 Å². The molecule has 0 unspecified atom stereocenters. The number of nitrogens with one attached hydrogen (secondary N) is 2. The zero-order valence-electron chi connectivity index (χ0n) is 10.5. The van der Waals surface area contributed by atoms with Crippen LogP contribution in [0.5, 0.6) is 0 Å². The van der Waals surface area contributed by atoms with Gasteiger partial charge in [-0.1, -0.05) is 11.6 Å². The second-order valence-corrected chi connectivity index (χ2v) is 4.42. The molecule has 2 aromatic rings. The number of hydrogen-bond acceptors (Lipinski definition) is 5. The summed E-state index contributed by atoms with van der Waals surface area (Å²) in [5.74, 6) is 1.34. The van der Waals surface area contributed by atoms with Crippen molar-refractivity contribution in [3.8, 4) is 0 Å². The minimum absolute atomic E-state index is 0.141. The number of rotatable bonds is 4. The summed E-state index contributed by atoms with van der Waals surface area (Å²) in [5.41, 5.74) is 0. The zero-order valence-corrected chi connectivity index (χ0v) is 11.3. The standard InChI is InChI=1S/C11H13ClN6O/c1-7-14-11(17-16-7)15-10(19)6-18(2)9-4-3-8(12)5-13-9/h3-5H,6H2,1-2H3,(H2,14,15,16,17,19). The molecule has 0 aliphatic heterocycles. The summed E-state index contributed by atoms with van der Waals surface area (Å²) in [6.45, 7) is 1.90. The van der Waals surface area contributed by atoms with Crippen molar-refractivity contribution >= 4 is 29.3 Å². The fourth-order valence-electron chi connectivity index (χ4n) is 1.45. The molecule has 0 bridgehead atoms. The van der Waals surface area contributed by atoms with Gasteiger partial charge in [-0.3, -0.25) is 15.2 Å². The lowest BCUT2D eigenvalue weighted by molar-refractivity contribution is -0.115. The number of carbonyl (C=O) groups is 1. The summed E-state index contributed by atoms with van der Waals surface area (Å²) < 4.78 is 0. The largest absolute Gasteiger partial charge is 0.350 e. The summed E-state index contributed by atoms with van der Waals surface area (Å²) in [5, 5.41) is 9.62. The van der Waals surface area contributed by atoms with E-state index in [0.29, 0.717) is 16.7 Å². The van der Waals surface area contributed by atoms with Gasteiger partial charge in [0.1, 0.15) is 11.6 Å². The van der Waals surface area contributed by atoms with Gasteiger partial charge in [0, 0.05) is 13.2 Å². The molecule has 1 amide bonds. The maximum atomic E-state index is 11.8. The van der Waals surface area contributed by atoms with Crippen molar-refractivity contribution in [1.29, 1.82) is 0 Å². The zero-order chi connectivity index (χ0) is 13.8. The number of likely N-dealkylation sites (N-methyl/N-ethyl adjacent to an activating group) is 1. The molecule has 0 spiro atoms. The summed E-state index contributed by atoms with van der Waals surface area (Å²) in [7, 11) is 1.76. The van der Waals surface area contributed by atoms with Crippen LogP contribution >= 0.6 is 11.6 Å². The third kappa shape index (κ3) is 3.65. The second kappa shape index (κ2) is 5.66. The highest BCUT2D eigenvalue weighted by molar-refractivity contribution is 6.30. The number of aryl methyl sites for hydroxylation is 1. The first-order valence-electron chi connectivity index (χ1n) is 5.56. The van der Waals surface area contributed by atoms with Gasteiger partial charge in [-0.25, -0.2) is 4.98 Å². The Kier molecular flexibility index (Phi) is 3.96. The third-order valence-corrected chi connectivity index (χ3v) is 2.56. The van der Waals surface area contributed by atoms with Crippen molar-refractivity contribution in [1.82, 2.24) is 20.2 Å². The quantitative estimate of drug-likeness (QED) is 0.880. The first-order valence-corrected chi connectivity index (χ1v) is 5.94. The van der Waals surface area contributed by atoms with E-state index >= 15 is 0 Å². The number of hydrogen-bond donors (Lipinski definition) is 2. The summed E-state index contributed by atoms with van der Waals surface area (Å²) >= 11 is 5.75. The summed E-state index contributed by atoms with van der Waals surface area (Å²) in [6, 6.07) is 3.46. The Balaban J connectivity index is 1.93. The molecular formula is C11H13ClN6O. The Morgan fingerprint density at radius 1 is 1.53 bits per heavy atom. The fourth-order valence-corrected chi connectivity index (χ4v) is 1.56. The molecule has 2 N–H and O–H groups in total. The first-order chi connectivity index (χ1) is 9.04. The predicted octanol–water partition coefficient (Wildman–Crippen LogP) is 1.24. The average molecular weight is 281 g/mol. The van der Waals surface area contributed by atoms with Crippen molar-refractivity contribution in [2.75, 3.05) is 23.8 Å². The number of nitrogens with zero attached hydrogens (tertiary/aromatic N) is 4. The molecule has 2 aromatic heterocycles. The molecule has 0 radical (unpaired) electrons. The van der Waals surface area contributed by atoms with Gasteiger partial charge in [0.2, 0.25) is 11.9 Å². The lowest BCUT2D eigenvalue weighted by Gasteiger charge is -2.16. The van der Waals surface area contributed by atoms with E-state index in [1.807, 2.05) is 0 Å². The van der Waals surface area contributed by atoms with E-state index in [-0.39, 0.29) is 18.4 Å². The van der Waals surface area contributed by atoms with E-state index in [1.165, 1.54) is 6.20 Å². The van der Waals surface area contributed by atoms with Crippen LogP contribution in [0.25, 0.3) is 0 Å². The number of pyridine rings is 1. The molecule has 8 heteroatoms. The normalized spacial score (nSPS) is 10.3. The molecule has 0 fully saturated rings. The number of aromatic amines is 1. The Hall–Kier alpha value is -2.15. The van der Waals surface area contributed by atoms with Crippen LogP contribution in [0.1, 0.15) is 5.82 Å². The van der Waals surface area contributed by atoms with Gasteiger partial charge in [-0.05, 0) is 19.1 Å². The van der Waals surface area contributed by atoms with Crippen molar-refractivity contribution in [2.45, 2.75) is 6.92 Å². The predicted molar refractivity (Wildman–Crippen MR) is 72.3 cm³/mol. The van der Waals surface area contributed by atoms with Crippen LogP contribution in [0, 0.1) is 6.92 Å². The van der Waals surface area contributed by atoms with Crippen LogP contribution in [0.15, 0.2) is 18.3 Å². The number of aromatic nitrogens is 4. The smallest absolute Gasteiger partial charge is 0.248 e. The van der Waals surface area contributed by atoms with Gasteiger partial charge < -0.3 is 4.90 Å².